The minimum atomic E-state index is -0.624. The molecule has 5 heteroatoms. The highest BCUT2D eigenvalue weighted by molar-refractivity contribution is 6.28. The van der Waals surface area contributed by atoms with Gasteiger partial charge in [-0.2, -0.15) is 0 Å². The number of nitrogens with one attached hydrogen (secondary N) is 2. The summed E-state index contributed by atoms with van der Waals surface area (Å²) >= 11 is 5.08. The summed E-state index contributed by atoms with van der Waals surface area (Å²) in [6.07, 6.45) is 1.16. The third kappa shape index (κ3) is 3.91. The zero-order valence-corrected chi connectivity index (χ0v) is 5.94. The number of carbonyl (C=O) groups is 2. The smallest absolute Gasteiger partial charge is 0.315 e. The van der Waals surface area contributed by atoms with Gasteiger partial charge >= 0.3 is 6.03 Å². The van der Waals surface area contributed by atoms with Gasteiger partial charge in [0.15, 0.2) is 0 Å². The highest BCUT2D eigenvalue weighted by Gasteiger charge is 2.01. The van der Waals surface area contributed by atoms with Crippen LogP contribution in [0.4, 0.5) is 4.79 Å². The van der Waals surface area contributed by atoms with Gasteiger partial charge in [-0.05, 0) is 6.20 Å². The number of urea groups is 1. The van der Waals surface area contributed by atoms with Gasteiger partial charge in [-0.1, -0.05) is 6.58 Å². The maximum atomic E-state index is 10.4. The Kier molecular flexibility index (Phi) is 4.32. The fourth-order valence-electron chi connectivity index (χ4n) is 0.289. The van der Waals surface area contributed by atoms with Crippen molar-refractivity contribution in [1.82, 2.24) is 10.6 Å². The Morgan fingerprint density at radius 1 is 1.60 bits per heavy atom. The van der Waals surface area contributed by atoms with Crippen LogP contribution in [0.3, 0.4) is 0 Å². The fourth-order valence-corrected chi connectivity index (χ4v) is 0.356. The number of halogens is 1. The van der Waals surface area contributed by atoms with E-state index in [4.69, 9.17) is 11.6 Å². The Bertz CT molecular complexity index is 158. The molecule has 56 valence electrons. The van der Waals surface area contributed by atoms with Gasteiger partial charge in [0.2, 0.25) is 5.91 Å². The van der Waals surface area contributed by atoms with Crippen molar-refractivity contribution in [2.24, 2.45) is 0 Å². The van der Waals surface area contributed by atoms with Crippen LogP contribution in [0.1, 0.15) is 0 Å². The van der Waals surface area contributed by atoms with E-state index in [9.17, 15) is 9.59 Å². The SMILES string of the molecule is C=CNC(=O)NC(=O)CCl. The van der Waals surface area contributed by atoms with E-state index in [2.05, 4.69) is 11.9 Å². The van der Waals surface area contributed by atoms with Gasteiger partial charge in [-0.3, -0.25) is 10.1 Å². The largest absolute Gasteiger partial charge is 0.325 e. The van der Waals surface area contributed by atoms with E-state index in [1.165, 1.54) is 0 Å². The van der Waals surface area contributed by atoms with Gasteiger partial charge in [0, 0.05) is 0 Å². The Labute approximate surface area is 63.2 Å². The Hall–Kier alpha value is -1.03. The molecular weight excluding hydrogens is 156 g/mol. The Morgan fingerprint density at radius 3 is 2.60 bits per heavy atom. The molecule has 0 fully saturated rings. The quantitative estimate of drug-likeness (QED) is 0.570. The van der Waals surface area contributed by atoms with Crippen molar-refractivity contribution in [2.75, 3.05) is 5.88 Å². The Morgan fingerprint density at radius 2 is 2.20 bits per heavy atom. The predicted octanol–water partition coefficient (Wildman–Crippen LogP) is 0.195. The second-order valence-electron chi connectivity index (χ2n) is 1.36. The number of hydrogen-bond donors (Lipinski definition) is 2. The van der Waals surface area contributed by atoms with Crippen LogP contribution in [0.5, 0.6) is 0 Å². The van der Waals surface area contributed by atoms with Gasteiger partial charge in [0.1, 0.15) is 5.88 Å². The molecule has 0 atom stereocenters. The van der Waals surface area contributed by atoms with Crippen molar-refractivity contribution in [1.29, 1.82) is 0 Å². The zero-order chi connectivity index (χ0) is 7.98. The maximum absolute atomic E-state index is 10.4. The molecule has 0 bridgehead atoms. The summed E-state index contributed by atoms with van der Waals surface area (Å²) in [7, 11) is 0. The lowest BCUT2D eigenvalue weighted by atomic mass is 10.7. The molecule has 0 unspecified atom stereocenters. The molecule has 0 aromatic carbocycles. The molecule has 0 aromatic heterocycles. The fraction of sp³-hybridized carbons (Fsp3) is 0.200. The Balaban J connectivity index is 3.57. The van der Waals surface area contributed by atoms with E-state index in [0.29, 0.717) is 0 Å². The maximum Gasteiger partial charge on any atom is 0.325 e. The number of rotatable bonds is 2. The van der Waals surface area contributed by atoms with E-state index < -0.39 is 11.9 Å². The molecule has 0 aromatic rings. The molecule has 0 aliphatic carbocycles. The number of carbonyl (C=O) groups excluding carboxylic acids is 2. The van der Waals surface area contributed by atoms with E-state index in [1.54, 1.807) is 0 Å². The average Bonchev–Trinajstić information content (AvgIpc) is 1.88. The van der Waals surface area contributed by atoms with Crippen LogP contribution in [0.25, 0.3) is 0 Å². The predicted molar refractivity (Wildman–Crippen MR) is 37.6 cm³/mol. The van der Waals surface area contributed by atoms with Crippen LogP contribution < -0.4 is 10.6 Å². The first-order chi connectivity index (χ1) is 4.70. The molecule has 0 spiro atoms. The van der Waals surface area contributed by atoms with Crippen molar-refractivity contribution in [3.05, 3.63) is 12.8 Å². The molecule has 0 aliphatic heterocycles. The summed E-state index contributed by atoms with van der Waals surface area (Å²) in [5.41, 5.74) is 0. The van der Waals surface area contributed by atoms with Crippen molar-refractivity contribution in [3.63, 3.8) is 0 Å². The van der Waals surface area contributed by atoms with Gasteiger partial charge < -0.3 is 5.32 Å². The number of alkyl halides is 1. The van der Waals surface area contributed by atoms with Crippen LogP contribution in [-0.4, -0.2) is 17.8 Å². The summed E-state index contributed by atoms with van der Waals surface area (Å²) < 4.78 is 0. The topological polar surface area (TPSA) is 58.2 Å². The zero-order valence-electron chi connectivity index (χ0n) is 5.19. The van der Waals surface area contributed by atoms with E-state index in [0.717, 1.165) is 6.20 Å². The molecule has 2 N–H and O–H groups in total. The van der Waals surface area contributed by atoms with Crippen LogP contribution in [0.15, 0.2) is 12.8 Å². The third-order valence-electron chi connectivity index (χ3n) is 0.607. The lowest BCUT2D eigenvalue weighted by molar-refractivity contribution is -0.117. The molecule has 3 amide bonds. The van der Waals surface area contributed by atoms with Gasteiger partial charge in [0.25, 0.3) is 0 Å². The summed E-state index contributed by atoms with van der Waals surface area (Å²) in [5, 5.41) is 4.08. The molecule has 10 heavy (non-hydrogen) atoms. The lowest BCUT2D eigenvalue weighted by Gasteiger charge is -1.98. The standard InChI is InChI=1S/C5H7ClN2O2/c1-2-7-5(10)8-4(9)3-6/h2H,1,3H2,(H2,7,8,9,10). The highest BCUT2D eigenvalue weighted by Crippen LogP contribution is 1.73. The van der Waals surface area contributed by atoms with Gasteiger partial charge in [-0.25, -0.2) is 4.79 Å². The minimum Gasteiger partial charge on any atom is -0.315 e. The monoisotopic (exact) mass is 162 g/mol. The van der Waals surface area contributed by atoms with Crippen molar-refractivity contribution in [3.8, 4) is 0 Å². The molecule has 0 saturated heterocycles. The summed E-state index contributed by atoms with van der Waals surface area (Å²) in [4.78, 5) is 20.8. The molecule has 0 saturated carbocycles. The summed E-state index contributed by atoms with van der Waals surface area (Å²) in [5.74, 6) is -0.772. The highest BCUT2D eigenvalue weighted by atomic mass is 35.5. The molecule has 0 aliphatic rings. The minimum absolute atomic E-state index is 0.232. The normalized spacial score (nSPS) is 8.10. The van der Waals surface area contributed by atoms with Crippen LogP contribution >= 0.6 is 11.6 Å². The van der Waals surface area contributed by atoms with Gasteiger partial charge in [-0.15, -0.1) is 11.6 Å². The molecule has 0 heterocycles. The van der Waals surface area contributed by atoms with Crippen LogP contribution in [-0.2, 0) is 4.79 Å². The van der Waals surface area contributed by atoms with Crippen molar-refractivity contribution >= 4 is 23.5 Å². The molecule has 0 radical (unpaired) electrons. The van der Waals surface area contributed by atoms with Crippen LogP contribution in [0, 0.1) is 0 Å². The number of amides is 3. The van der Waals surface area contributed by atoms with E-state index in [-0.39, 0.29) is 5.88 Å². The third-order valence-corrected chi connectivity index (χ3v) is 0.850. The summed E-state index contributed by atoms with van der Waals surface area (Å²) in [6.45, 7) is 3.22. The molecule has 0 rings (SSSR count). The van der Waals surface area contributed by atoms with Crippen molar-refractivity contribution in [2.45, 2.75) is 0 Å². The summed E-state index contributed by atoms with van der Waals surface area (Å²) in [6, 6.07) is -0.624. The first kappa shape index (κ1) is 8.97. The van der Waals surface area contributed by atoms with Crippen LogP contribution in [0.2, 0.25) is 0 Å². The molecular formula is C5H7ClN2O2. The van der Waals surface area contributed by atoms with Gasteiger partial charge in [0.05, 0.1) is 0 Å². The second-order valence-corrected chi connectivity index (χ2v) is 1.63. The van der Waals surface area contributed by atoms with E-state index in [1.807, 2.05) is 5.32 Å². The second kappa shape index (κ2) is 4.81. The molecule has 4 nitrogen and oxygen atoms in total. The first-order valence-electron chi connectivity index (χ1n) is 2.48. The van der Waals surface area contributed by atoms with Crippen molar-refractivity contribution < 1.29 is 9.59 Å². The van der Waals surface area contributed by atoms with E-state index >= 15 is 0 Å². The number of imide groups is 1. The first-order valence-corrected chi connectivity index (χ1v) is 3.01. The average molecular weight is 163 g/mol. The lowest BCUT2D eigenvalue weighted by Crippen LogP contribution is -2.37. The number of hydrogen-bond acceptors (Lipinski definition) is 2.